The average Bonchev–Trinajstić information content (AvgIpc) is 3.02. The lowest BCUT2D eigenvalue weighted by Gasteiger charge is -2.07. The standard InChI is InChI=1S/C19H14N2O2S/c22-18(21-19-20-16-7-3-4-8-17(16)24-19)12-23-15-10-9-13-5-1-2-6-14(13)11-15/h1-11H,12H2,(H,20,21,22). The summed E-state index contributed by atoms with van der Waals surface area (Å²) in [5, 5.41) is 5.60. The van der Waals surface area contributed by atoms with Gasteiger partial charge in [-0.3, -0.25) is 10.1 Å². The largest absolute Gasteiger partial charge is 0.484 e. The van der Waals surface area contributed by atoms with E-state index in [2.05, 4.69) is 10.3 Å². The minimum Gasteiger partial charge on any atom is -0.484 e. The quantitative estimate of drug-likeness (QED) is 0.599. The maximum absolute atomic E-state index is 12.1. The molecule has 4 nitrogen and oxygen atoms in total. The second-order valence-electron chi connectivity index (χ2n) is 5.33. The second kappa shape index (κ2) is 6.29. The summed E-state index contributed by atoms with van der Waals surface area (Å²) in [5.74, 6) is 0.454. The molecule has 0 fully saturated rings. The fraction of sp³-hybridized carbons (Fsp3) is 0.0526. The van der Waals surface area contributed by atoms with Gasteiger partial charge < -0.3 is 4.74 Å². The third kappa shape index (κ3) is 3.07. The Labute approximate surface area is 142 Å². The number of hydrogen-bond donors (Lipinski definition) is 1. The maximum atomic E-state index is 12.1. The number of nitrogens with zero attached hydrogens (tertiary/aromatic N) is 1. The van der Waals surface area contributed by atoms with E-state index in [1.54, 1.807) is 0 Å². The van der Waals surface area contributed by atoms with Crippen molar-refractivity contribution in [1.82, 2.24) is 4.98 Å². The average molecular weight is 334 g/mol. The van der Waals surface area contributed by atoms with Gasteiger partial charge in [0, 0.05) is 0 Å². The summed E-state index contributed by atoms with van der Waals surface area (Å²) in [6, 6.07) is 21.6. The van der Waals surface area contributed by atoms with Crippen LogP contribution in [0.15, 0.2) is 66.7 Å². The number of thiazole rings is 1. The van der Waals surface area contributed by atoms with Crippen LogP contribution in [0.25, 0.3) is 21.0 Å². The molecule has 24 heavy (non-hydrogen) atoms. The van der Waals surface area contributed by atoms with E-state index in [1.807, 2.05) is 66.7 Å². The predicted octanol–water partition coefficient (Wildman–Crippen LogP) is 4.47. The lowest BCUT2D eigenvalue weighted by molar-refractivity contribution is -0.118. The van der Waals surface area contributed by atoms with Crippen LogP contribution in [-0.2, 0) is 4.79 Å². The Kier molecular flexibility index (Phi) is 3.84. The van der Waals surface area contributed by atoms with Crippen molar-refractivity contribution in [2.45, 2.75) is 0 Å². The van der Waals surface area contributed by atoms with Gasteiger partial charge in [0.15, 0.2) is 11.7 Å². The van der Waals surface area contributed by atoms with Crippen molar-refractivity contribution in [3.63, 3.8) is 0 Å². The van der Waals surface area contributed by atoms with Gasteiger partial charge in [-0.05, 0) is 35.0 Å². The molecule has 1 aromatic heterocycles. The van der Waals surface area contributed by atoms with Gasteiger partial charge in [0.05, 0.1) is 10.2 Å². The molecule has 4 aromatic rings. The molecule has 1 heterocycles. The molecule has 1 amide bonds. The van der Waals surface area contributed by atoms with Gasteiger partial charge in [-0.15, -0.1) is 0 Å². The van der Waals surface area contributed by atoms with Gasteiger partial charge >= 0.3 is 0 Å². The van der Waals surface area contributed by atoms with Crippen molar-refractivity contribution in [2.24, 2.45) is 0 Å². The number of nitrogens with one attached hydrogen (secondary N) is 1. The summed E-state index contributed by atoms with van der Waals surface area (Å²) in [6.45, 7) is -0.0474. The van der Waals surface area contributed by atoms with Crippen LogP contribution < -0.4 is 10.1 Å². The van der Waals surface area contributed by atoms with Crippen molar-refractivity contribution in [3.05, 3.63) is 66.7 Å². The molecule has 0 saturated heterocycles. The second-order valence-corrected chi connectivity index (χ2v) is 6.36. The molecule has 0 spiro atoms. The zero-order valence-electron chi connectivity index (χ0n) is 12.7. The Hall–Kier alpha value is -2.92. The molecule has 0 unspecified atom stereocenters. The number of ether oxygens (including phenoxy) is 1. The number of para-hydroxylation sites is 1. The van der Waals surface area contributed by atoms with Crippen molar-refractivity contribution in [2.75, 3.05) is 11.9 Å². The van der Waals surface area contributed by atoms with E-state index >= 15 is 0 Å². The Bertz CT molecular complexity index is 993. The van der Waals surface area contributed by atoms with Gasteiger partial charge in [-0.25, -0.2) is 4.98 Å². The molecule has 0 aliphatic carbocycles. The topological polar surface area (TPSA) is 51.2 Å². The molecule has 1 N–H and O–H groups in total. The zero-order chi connectivity index (χ0) is 16.4. The molecule has 5 heteroatoms. The number of hydrogen-bond acceptors (Lipinski definition) is 4. The van der Waals surface area contributed by atoms with Crippen LogP contribution in [0, 0.1) is 0 Å². The number of aromatic nitrogens is 1. The number of benzene rings is 3. The van der Waals surface area contributed by atoms with Crippen molar-refractivity contribution >= 4 is 43.4 Å². The molecule has 0 aliphatic rings. The van der Waals surface area contributed by atoms with Gasteiger partial charge in [0.25, 0.3) is 5.91 Å². The van der Waals surface area contributed by atoms with Gasteiger partial charge in [0.1, 0.15) is 5.75 Å². The van der Waals surface area contributed by atoms with Crippen LogP contribution in [-0.4, -0.2) is 17.5 Å². The first-order valence-electron chi connectivity index (χ1n) is 7.55. The minimum absolute atomic E-state index is 0.0474. The van der Waals surface area contributed by atoms with Crippen LogP contribution in [0.4, 0.5) is 5.13 Å². The Morgan fingerprint density at radius 1 is 1.00 bits per heavy atom. The first-order valence-corrected chi connectivity index (χ1v) is 8.37. The summed E-state index contributed by atoms with van der Waals surface area (Å²) >= 11 is 1.45. The number of fused-ring (bicyclic) bond motifs is 2. The SMILES string of the molecule is O=C(COc1ccc2ccccc2c1)Nc1nc2ccccc2s1. The number of carbonyl (C=O) groups excluding carboxylic acids is 1. The van der Waals surface area contributed by atoms with Crippen molar-refractivity contribution < 1.29 is 9.53 Å². The molecule has 3 aromatic carbocycles. The number of amides is 1. The van der Waals surface area contributed by atoms with Crippen LogP contribution in [0.3, 0.4) is 0 Å². The number of rotatable bonds is 4. The molecule has 118 valence electrons. The van der Waals surface area contributed by atoms with Crippen LogP contribution in [0.1, 0.15) is 0 Å². The van der Waals surface area contributed by atoms with E-state index in [4.69, 9.17) is 4.74 Å². The van der Waals surface area contributed by atoms with Crippen LogP contribution in [0.2, 0.25) is 0 Å². The van der Waals surface area contributed by atoms with Gasteiger partial charge in [-0.1, -0.05) is 53.8 Å². The molecular formula is C19H14N2O2S. The van der Waals surface area contributed by atoms with E-state index in [1.165, 1.54) is 11.3 Å². The summed E-state index contributed by atoms with van der Waals surface area (Å²) in [5.41, 5.74) is 0.883. The summed E-state index contributed by atoms with van der Waals surface area (Å²) in [4.78, 5) is 16.4. The molecule has 0 atom stereocenters. The fourth-order valence-corrected chi connectivity index (χ4v) is 3.37. The highest BCUT2D eigenvalue weighted by molar-refractivity contribution is 7.22. The maximum Gasteiger partial charge on any atom is 0.264 e. The van der Waals surface area contributed by atoms with Crippen molar-refractivity contribution in [1.29, 1.82) is 0 Å². The Balaban J connectivity index is 1.41. The van der Waals surface area contributed by atoms with Gasteiger partial charge in [-0.2, -0.15) is 0 Å². The number of anilines is 1. The molecule has 0 bridgehead atoms. The molecule has 4 rings (SSSR count). The Morgan fingerprint density at radius 2 is 1.79 bits per heavy atom. The monoisotopic (exact) mass is 334 g/mol. The normalized spacial score (nSPS) is 10.8. The highest BCUT2D eigenvalue weighted by Crippen LogP contribution is 2.25. The highest BCUT2D eigenvalue weighted by Gasteiger charge is 2.08. The first kappa shape index (κ1) is 14.7. The van der Waals surface area contributed by atoms with Crippen molar-refractivity contribution in [3.8, 4) is 5.75 Å². The minimum atomic E-state index is -0.220. The molecule has 0 aliphatic heterocycles. The smallest absolute Gasteiger partial charge is 0.264 e. The molecule has 0 saturated carbocycles. The first-order chi connectivity index (χ1) is 11.8. The lowest BCUT2D eigenvalue weighted by Crippen LogP contribution is -2.19. The van der Waals surface area contributed by atoms with Crippen LogP contribution in [0.5, 0.6) is 5.75 Å². The number of carbonyl (C=O) groups is 1. The third-order valence-corrected chi connectivity index (χ3v) is 4.58. The summed E-state index contributed by atoms with van der Waals surface area (Å²) in [6.07, 6.45) is 0. The van der Waals surface area contributed by atoms with E-state index in [0.29, 0.717) is 10.9 Å². The summed E-state index contributed by atoms with van der Waals surface area (Å²) in [7, 11) is 0. The third-order valence-electron chi connectivity index (χ3n) is 3.63. The van der Waals surface area contributed by atoms with Gasteiger partial charge in [0.2, 0.25) is 0 Å². The predicted molar refractivity (Wildman–Crippen MR) is 97.7 cm³/mol. The van der Waals surface area contributed by atoms with E-state index in [0.717, 1.165) is 21.0 Å². The van der Waals surface area contributed by atoms with E-state index < -0.39 is 0 Å². The van der Waals surface area contributed by atoms with E-state index in [-0.39, 0.29) is 12.5 Å². The van der Waals surface area contributed by atoms with Crippen LogP contribution >= 0.6 is 11.3 Å². The zero-order valence-corrected chi connectivity index (χ0v) is 13.5. The van der Waals surface area contributed by atoms with E-state index in [9.17, 15) is 4.79 Å². The fourth-order valence-electron chi connectivity index (χ4n) is 2.49. The summed E-state index contributed by atoms with van der Waals surface area (Å²) < 4.78 is 6.63. The molecular weight excluding hydrogens is 320 g/mol. The highest BCUT2D eigenvalue weighted by atomic mass is 32.1. The lowest BCUT2D eigenvalue weighted by atomic mass is 10.1. The Morgan fingerprint density at radius 3 is 2.67 bits per heavy atom. The molecule has 0 radical (unpaired) electrons.